The van der Waals surface area contributed by atoms with Gasteiger partial charge >= 0.3 is 0 Å². The fourth-order valence-electron chi connectivity index (χ4n) is 1.68. The first-order chi connectivity index (χ1) is 7.31. The molecule has 0 aliphatic carbocycles. The number of benzene rings is 1. The molecule has 0 amide bonds. The summed E-state index contributed by atoms with van der Waals surface area (Å²) in [6.07, 6.45) is 0. The van der Waals surface area contributed by atoms with Gasteiger partial charge in [-0.15, -0.1) is 0 Å². The van der Waals surface area contributed by atoms with Gasteiger partial charge in [0.05, 0.1) is 7.11 Å². The van der Waals surface area contributed by atoms with Crippen molar-refractivity contribution in [2.24, 2.45) is 0 Å². The molecule has 0 radical (unpaired) electrons. The van der Waals surface area contributed by atoms with Crippen molar-refractivity contribution in [3.63, 3.8) is 0 Å². The molecule has 1 N–H and O–H groups in total. The zero-order valence-electron chi connectivity index (χ0n) is 8.63. The predicted molar refractivity (Wildman–Crippen MR) is 61.0 cm³/mol. The average Bonchev–Trinajstić information content (AvgIpc) is 2.30. The highest BCUT2D eigenvalue weighted by molar-refractivity contribution is 7.99. The zero-order valence-corrected chi connectivity index (χ0v) is 9.44. The van der Waals surface area contributed by atoms with E-state index in [1.165, 1.54) is 6.07 Å². The van der Waals surface area contributed by atoms with Crippen molar-refractivity contribution in [3.05, 3.63) is 29.6 Å². The normalized spacial score (nSPS) is 21.3. The number of thioether (sulfide) groups is 1. The maximum atomic E-state index is 13.7. The van der Waals surface area contributed by atoms with Crippen LogP contribution in [0.25, 0.3) is 0 Å². The van der Waals surface area contributed by atoms with Crippen LogP contribution in [0.15, 0.2) is 18.2 Å². The largest absolute Gasteiger partial charge is 0.497 e. The highest BCUT2D eigenvalue weighted by atomic mass is 32.2. The Hall–Kier alpha value is -0.740. The Morgan fingerprint density at radius 3 is 3.00 bits per heavy atom. The van der Waals surface area contributed by atoms with Gasteiger partial charge in [0.15, 0.2) is 0 Å². The van der Waals surface area contributed by atoms with E-state index in [1.54, 1.807) is 19.2 Å². The van der Waals surface area contributed by atoms with E-state index in [9.17, 15) is 4.39 Å². The molecule has 15 heavy (non-hydrogen) atoms. The molecule has 0 aromatic heterocycles. The maximum absolute atomic E-state index is 13.7. The van der Waals surface area contributed by atoms with Crippen LogP contribution >= 0.6 is 11.8 Å². The van der Waals surface area contributed by atoms with Crippen molar-refractivity contribution in [1.82, 2.24) is 5.32 Å². The van der Waals surface area contributed by atoms with E-state index in [0.29, 0.717) is 5.75 Å². The number of rotatable bonds is 2. The second kappa shape index (κ2) is 4.86. The van der Waals surface area contributed by atoms with Gasteiger partial charge in [0.2, 0.25) is 0 Å². The highest BCUT2D eigenvalue weighted by Gasteiger charge is 2.18. The van der Waals surface area contributed by atoms with Crippen LogP contribution in [-0.2, 0) is 0 Å². The molecule has 0 unspecified atom stereocenters. The third-order valence-electron chi connectivity index (χ3n) is 2.50. The summed E-state index contributed by atoms with van der Waals surface area (Å²) in [4.78, 5) is 0. The van der Waals surface area contributed by atoms with Gasteiger partial charge in [-0.2, -0.15) is 11.8 Å². The quantitative estimate of drug-likeness (QED) is 0.837. The van der Waals surface area contributed by atoms with Crippen molar-refractivity contribution >= 4 is 11.8 Å². The molecule has 2 rings (SSSR count). The Morgan fingerprint density at radius 2 is 2.40 bits per heavy atom. The first-order valence-corrected chi connectivity index (χ1v) is 6.11. The lowest BCUT2D eigenvalue weighted by Gasteiger charge is -2.24. The van der Waals surface area contributed by atoms with Gasteiger partial charge in [0.25, 0.3) is 0 Å². The molecule has 1 aromatic rings. The van der Waals surface area contributed by atoms with Crippen molar-refractivity contribution in [3.8, 4) is 5.75 Å². The number of methoxy groups -OCH3 is 1. The molecule has 1 atom stereocenters. The molecule has 1 saturated heterocycles. The van der Waals surface area contributed by atoms with E-state index < -0.39 is 0 Å². The zero-order chi connectivity index (χ0) is 10.7. The van der Waals surface area contributed by atoms with Crippen LogP contribution in [0.3, 0.4) is 0 Å². The lowest BCUT2D eigenvalue weighted by Crippen LogP contribution is -2.30. The van der Waals surface area contributed by atoms with E-state index >= 15 is 0 Å². The molecule has 0 bridgehead atoms. The van der Waals surface area contributed by atoms with E-state index in [-0.39, 0.29) is 11.9 Å². The Morgan fingerprint density at radius 1 is 1.53 bits per heavy atom. The highest BCUT2D eigenvalue weighted by Crippen LogP contribution is 2.26. The minimum atomic E-state index is -0.186. The minimum Gasteiger partial charge on any atom is -0.497 e. The molecule has 1 aliphatic rings. The molecular weight excluding hydrogens is 213 g/mol. The van der Waals surface area contributed by atoms with Crippen LogP contribution in [0.2, 0.25) is 0 Å². The Bertz CT molecular complexity index is 339. The standard InChI is InChI=1S/C11H14FNOS/c1-14-8-2-3-9(10(12)6-8)11-7-15-5-4-13-11/h2-3,6,11,13H,4-5,7H2,1H3/t11-/m0/s1. The molecule has 0 spiro atoms. The summed E-state index contributed by atoms with van der Waals surface area (Å²) in [5.74, 6) is 2.42. The fraction of sp³-hybridized carbons (Fsp3) is 0.455. The van der Waals surface area contributed by atoms with Crippen LogP contribution < -0.4 is 10.1 Å². The summed E-state index contributed by atoms with van der Waals surface area (Å²) in [6, 6.07) is 5.18. The van der Waals surface area contributed by atoms with Crippen molar-refractivity contribution in [2.45, 2.75) is 6.04 Å². The first-order valence-electron chi connectivity index (χ1n) is 4.96. The van der Waals surface area contributed by atoms with Gasteiger partial charge in [-0.05, 0) is 6.07 Å². The minimum absolute atomic E-state index is 0.134. The second-order valence-corrected chi connectivity index (χ2v) is 4.62. The summed E-state index contributed by atoms with van der Waals surface area (Å²) < 4.78 is 18.7. The molecule has 1 aliphatic heterocycles. The summed E-state index contributed by atoms with van der Waals surface area (Å²) in [5.41, 5.74) is 0.739. The fourth-order valence-corrected chi connectivity index (χ4v) is 2.64. The van der Waals surface area contributed by atoms with Crippen molar-refractivity contribution in [2.75, 3.05) is 25.2 Å². The van der Waals surface area contributed by atoms with Crippen LogP contribution in [0.4, 0.5) is 4.39 Å². The van der Waals surface area contributed by atoms with Crippen LogP contribution in [0, 0.1) is 5.82 Å². The number of nitrogens with one attached hydrogen (secondary N) is 1. The molecule has 2 nitrogen and oxygen atoms in total. The molecule has 1 heterocycles. The number of ether oxygens (including phenoxy) is 1. The van der Waals surface area contributed by atoms with Gasteiger partial charge in [0, 0.05) is 35.7 Å². The van der Waals surface area contributed by atoms with Crippen molar-refractivity contribution in [1.29, 1.82) is 0 Å². The van der Waals surface area contributed by atoms with E-state index in [0.717, 1.165) is 23.6 Å². The van der Waals surface area contributed by atoms with Gasteiger partial charge in [-0.3, -0.25) is 0 Å². The maximum Gasteiger partial charge on any atom is 0.131 e. The van der Waals surface area contributed by atoms with Gasteiger partial charge in [-0.1, -0.05) is 6.07 Å². The van der Waals surface area contributed by atoms with Gasteiger partial charge in [0.1, 0.15) is 11.6 Å². The van der Waals surface area contributed by atoms with E-state index in [4.69, 9.17) is 4.74 Å². The summed E-state index contributed by atoms with van der Waals surface area (Å²) in [7, 11) is 1.54. The predicted octanol–water partition coefficient (Wildman–Crippen LogP) is 2.21. The van der Waals surface area contributed by atoms with E-state index in [2.05, 4.69) is 5.32 Å². The van der Waals surface area contributed by atoms with E-state index in [1.807, 2.05) is 11.8 Å². The third kappa shape index (κ3) is 2.44. The Kier molecular flexibility index (Phi) is 3.49. The lowest BCUT2D eigenvalue weighted by atomic mass is 10.1. The molecule has 82 valence electrons. The Balaban J connectivity index is 2.19. The SMILES string of the molecule is COc1ccc([C@@H]2CSCCN2)c(F)c1. The smallest absolute Gasteiger partial charge is 0.131 e. The first kappa shape index (κ1) is 10.8. The summed E-state index contributed by atoms with van der Waals surface area (Å²) >= 11 is 1.86. The molecular formula is C11H14FNOS. The van der Waals surface area contributed by atoms with Crippen molar-refractivity contribution < 1.29 is 9.13 Å². The second-order valence-electron chi connectivity index (χ2n) is 3.47. The van der Waals surface area contributed by atoms with Crippen LogP contribution in [0.5, 0.6) is 5.75 Å². The summed E-state index contributed by atoms with van der Waals surface area (Å²) in [6.45, 7) is 0.945. The molecule has 0 saturated carbocycles. The molecule has 1 aromatic carbocycles. The lowest BCUT2D eigenvalue weighted by molar-refractivity contribution is 0.409. The monoisotopic (exact) mass is 227 g/mol. The number of hydrogen-bond acceptors (Lipinski definition) is 3. The Labute approximate surface area is 93.2 Å². The average molecular weight is 227 g/mol. The van der Waals surface area contributed by atoms with Crippen LogP contribution in [0.1, 0.15) is 11.6 Å². The van der Waals surface area contributed by atoms with Gasteiger partial charge < -0.3 is 10.1 Å². The third-order valence-corrected chi connectivity index (χ3v) is 3.57. The molecule has 4 heteroatoms. The number of hydrogen-bond donors (Lipinski definition) is 1. The van der Waals surface area contributed by atoms with Crippen LogP contribution in [-0.4, -0.2) is 25.2 Å². The van der Waals surface area contributed by atoms with Gasteiger partial charge in [-0.25, -0.2) is 4.39 Å². The molecule has 1 fully saturated rings. The summed E-state index contributed by atoms with van der Waals surface area (Å²) in [5, 5.41) is 3.31. The topological polar surface area (TPSA) is 21.3 Å². The number of halogens is 1.